The van der Waals surface area contributed by atoms with Crippen LogP contribution in [0.1, 0.15) is 25.0 Å². The first-order valence-corrected chi connectivity index (χ1v) is 15.1. The number of anilines is 3. The van der Waals surface area contributed by atoms with E-state index < -0.39 is 0 Å². The predicted molar refractivity (Wildman–Crippen MR) is 163 cm³/mol. The summed E-state index contributed by atoms with van der Waals surface area (Å²) < 4.78 is 5.52. The van der Waals surface area contributed by atoms with E-state index >= 15 is 0 Å². The van der Waals surface area contributed by atoms with Crippen LogP contribution in [-0.2, 0) is 4.74 Å². The Morgan fingerprint density at radius 2 is 1.74 bits per heavy atom. The number of pyridine rings is 1. The van der Waals surface area contributed by atoms with Crippen molar-refractivity contribution in [3.8, 4) is 28.8 Å². The molecule has 42 heavy (non-hydrogen) atoms. The minimum Gasteiger partial charge on any atom is -0.507 e. The number of nitrogens with zero attached hydrogens (tertiary/aromatic N) is 7. The third-order valence-corrected chi connectivity index (χ3v) is 9.17. The molecule has 2 bridgehead atoms. The molecule has 0 amide bonds. The summed E-state index contributed by atoms with van der Waals surface area (Å²) in [5.41, 5.74) is 10.5. The molecule has 3 unspecified atom stereocenters. The van der Waals surface area contributed by atoms with Gasteiger partial charge in [-0.2, -0.15) is 0 Å². The number of likely N-dealkylation sites (tertiary alicyclic amines) is 1. The monoisotopic (exact) mass is 566 g/mol. The van der Waals surface area contributed by atoms with Gasteiger partial charge >= 0.3 is 0 Å². The van der Waals surface area contributed by atoms with Gasteiger partial charge in [0.05, 0.1) is 31.1 Å². The fourth-order valence-corrected chi connectivity index (χ4v) is 7.07. The number of morpholine rings is 1. The fraction of sp³-hybridized carbons (Fsp3) is 0.469. The first-order valence-electron chi connectivity index (χ1n) is 15.1. The Kier molecular flexibility index (Phi) is 7.55. The van der Waals surface area contributed by atoms with Gasteiger partial charge < -0.3 is 25.4 Å². The lowest BCUT2D eigenvalue weighted by Gasteiger charge is -2.43. The van der Waals surface area contributed by atoms with Crippen molar-refractivity contribution in [3.63, 3.8) is 0 Å². The lowest BCUT2D eigenvalue weighted by molar-refractivity contribution is 0.0187. The molecule has 10 nitrogen and oxygen atoms in total. The molecule has 3 atom stereocenters. The number of nitrogens with two attached hydrogens (primary N) is 1. The van der Waals surface area contributed by atoms with Crippen molar-refractivity contribution < 1.29 is 9.84 Å². The first kappa shape index (κ1) is 27.0. The lowest BCUT2D eigenvalue weighted by atomic mass is 10.1. The van der Waals surface area contributed by atoms with Crippen LogP contribution in [0.5, 0.6) is 5.75 Å². The molecular weight excluding hydrogens is 528 g/mol. The van der Waals surface area contributed by atoms with E-state index in [-0.39, 0.29) is 5.75 Å². The summed E-state index contributed by atoms with van der Waals surface area (Å²) in [6.45, 7) is 8.44. The largest absolute Gasteiger partial charge is 0.507 e. The first-order chi connectivity index (χ1) is 20.6. The summed E-state index contributed by atoms with van der Waals surface area (Å²) in [6, 6.07) is 14.7. The van der Waals surface area contributed by atoms with Crippen molar-refractivity contribution in [2.45, 2.75) is 37.4 Å². The zero-order chi connectivity index (χ0) is 28.5. The van der Waals surface area contributed by atoms with Gasteiger partial charge in [-0.15, -0.1) is 10.2 Å². The van der Waals surface area contributed by atoms with Gasteiger partial charge in [-0.3, -0.25) is 9.80 Å². The number of phenolic OH excluding ortho intramolecular Hbond substituents is 1. The van der Waals surface area contributed by atoms with Crippen LogP contribution in [0, 0.1) is 11.8 Å². The van der Waals surface area contributed by atoms with Gasteiger partial charge in [0.1, 0.15) is 11.4 Å². The highest BCUT2D eigenvalue weighted by molar-refractivity contribution is 5.74. The van der Waals surface area contributed by atoms with Crippen LogP contribution in [0.25, 0.3) is 11.3 Å². The third-order valence-electron chi connectivity index (χ3n) is 9.17. The maximum absolute atomic E-state index is 10.3. The van der Waals surface area contributed by atoms with Crippen LogP contribution in [-0.4, -0.2) is 107 Å². The lowest BCUT2D eigenvalue weighted by Crippen LogP contribution is -2.54. The number of aromatic hydroxyl groups is 1. The molecule has 4 aliphatic heterocycles. The summed E-state index contributed by atoms with van der Waals surface area (Å²) in [5, 5.41) is 18.8. The quantitative estimate of drug-likeness (QED) is 0.447. The molecule has 4 aliphatic rings. The van der Waals surface area contributed by atoms with Crippen LogP contribution < -0.4 is 15.5 Å². The van der Waals surface area contributed by atoms with Gasteiger partial charge in [-0.05, 0) is 55.5 Å². The van der Waals surface area contributed by atoms with E-state index in [4.69, 9.17) is 10.5 Å². The molecule has 7 rings (SSSR count). The Labute approximate surface area is 247 Å². The number of nitrogen functional groups attached to an aromatic ring is 1. The van der Waals surface area contributed by atoms with Gasteiger partial charge in [-0.25, -0.2) is 4.98 Å². The minimum absolute atomic E-state index is 0.182. The van der Waals surface area contributed by atoms with Crippen molar-refractivity contribution in [1.29, 1.82) is 0 Å². The predicted octanol–water partition coefficient (Wildman–Crippen LogP) is 2.44. The zero-order valence-electron chi connectivity index (χ0n) is 23.9. The Hall–Kier alpha value is -3.91. The average molecular weight is 567 g/mol. The molecule has 0 saturated carbocycles. The summed E-state index contributed by atoms with van der Waals surface area (Å²) in [4.78, 5) is 14.5. The van der Waals surface area contributed by atoms with E-state index in [1.807, 2.05) is 24.4 Å². The highest BCUT2D eigenvalue weighted by atomic mass is 16.5. The smallest absolute Gasteiger partial charge is 0.169 e. The maximum Gasteiger partial charge on any atom is 0.169 e. The minimum atomic E-state index is 0.182. The van der Waals surface area contributed by atoms with Crippen molar-refractivity contribution in [2.75, 3.05) is 74.6 Å². The van der Waals surface area contributed by atoms with Crippen molar-refractivity contribution in [1.82, 2.24) is 25.0 Å². The molecule has 4 fully saturated rings. The molecule has 1 aromatic carbocycles. The van der Waals surface area contributed by atoms with Gasteiger partial charge in [-0.1, -0.05) is 18.1 Å². The van der Waals surface area contributed by atoms with E-state index in [1.165, 1.54) is 12.1 Å². The van der Waals surface area contributed by atoms with E-state index in [0.29, 0.717) is 35.2 Å². The van der Waals surface area contributed by atoms with Gasteiger partial charge in [0.2, 0.25) is 0 Å². The van der Waals surface area contributed by atoms with Crippen LogP contribution in [0.2, 0.25) is 0 Å². The summed E-state index contributed by atoms with van der Waals surface area (Å²) in [6.07, 6.45) is 5.34. The van der Waals surface area contributed by atoms with Gasteiger partial charge in [0, 0.05) is 74.8 Å². The number of fused-ring (bicyclic) bond motifs is 2. The molecule has 3 aromatic rings. The van der Waals surface area contributed by atoms with Crippen molar-refractivity contribution in [3.05, 3.63) is 54.4 Å². The highest BCUT2D eigenvalue weighted by Gasteiger charge is 2.41. The maximum atomic E-state index is 10.3. The molecule has 218 valence electrons. The number of rotatable bonds is 5. The van der Waals surface area contributed by atoms with E-state index in [9.17, 15) is 5.11 Å². The molecular formula is C32H38N8O2. The number of hydrogen-bond acceptors (Lipinski definition) is 10. The highest BCUT2D eigenvalue weighted by Crippen LogP contribution is 2.39. The second-order valence-electron chi connectivity index (χ2n) is 11.7. The summed E-state index contributed by atoms with van der Waals surface area (Å²) >= 11 is 0. The molecule has 0 radical (unpaired) electrons. The fourth-order valence-electron chi connectivity index (χ4n) is 7.07. The van der Waals surface area contributed by atoms with E-state index in [2.05, 4.69) is 58.8 Å². The van der Waals surface area contributed by atoms with E-state index in [0.717, 1.165) is 83.3 Å². The average Bonchev–Trinajstić information content (AvgIpc) is 3.60. The Morgan fingerprint density at radius 1 is 0.929 bits per heavy atom. The molecule has 0 spiro atoms. The summed E-state index contributed by atoms with van der Waals surface area (Å²) in [5.74, 6) is 7.33. The number of aromatic nitrogens is 3. The SMILES string of the molecule is Nc1nnc(-c2ccccc2O)cc1N1CC2CCC(C1)N2c1ccnc(C#CCN2CCC(N3CCOCC3)C2)c1. The molecule has 2 aromatic heterocycles. The number of benzene rings is 1. The molecule has 4 saturated heterocycles. The van der Waals surface area contributed by atoms with Crippen LogP contribution >= 0.6 is 0 Å². The number of phenols is 1. The van der Waals surface area contributed by atoms with Gasteiger partial charge in [0.25, 0.3) is 0 Å². The number of hydrogen-bond donors (Lipinski definition) is 2. The van der Waals surface area contributed by atoms with Crippen LogP contribution in [0.15, 0.2) is 48.7 Å². The van der Waals surface area contributed by atoms with Gasteiger partial charge in [0.15, 0.2) is 5.82 Å². The van der Waals surface area contributed by atoms with Crippen molar-refractivity contribution >= 4 is 17.2 Å². The van der Waals surface area contributed by atoms with E-state index in [1.54, 1.807) is 12.1 Å². The molecule has 0 aliphatic carbocycles. The summed E-state index contributed by atoms with van der Waals surface area (Å²) in [7, 11) is 0. The standard InChI is InChI=1S/C32H38N8O2/c33-32-30(19-29(35-36-32)28-5-1-2-6-31(28)41)39-21-26-7-8-27(22-39)40(26)24-9-11-34-23(18-24)4-3-12-37-13-10-25(20-37)38-14-16-42-17-15-38/h1-2,5-6,9,11,18-19,25-27,41H,7-8,10,12-17,20-22H2,(H2,33,36). The Balaban J connectivity index is 1.01. The zero-order valence-corrected chi connectivity index (χ0v) is 23.9. The number of piperazine rings is 1. The molecule has 10 heteroatoms. The third kappa shape index (κ3) is 5.48. The second-order valence-corrected chi connectivity index (χ2v) is 11.7. The number of ether oxygens (including phenoxy) is 1. The van der Waals surface area contributed by atoms with Crippen molar-refractivity contribution in [2.24, 2.45) is 0 Å². The topological polar surface area (TPSA) is 107 Å². The second kappa shape index (κ2) is 11.8. The Morgan fingerprint density at radius 3 is 2.55 bits per heavy atom. The van der Waals surface area contributed by atoms with Crippen LogP contribution in [0.3, 0.4) is 0 Å². The molecule has 6 heterocycles. The van der Waals surface area contributed by atoms with Crippen LogP contribution in [0.4, 0.5) is 17.2 Å². The normalized spacial score (nSPS) is 24.5. The Bertz CT molecular complexity index is 1470. The molecule has 3 N–H and O–H groups in total. The number of para-hydroxylation sites is 1.